The van der Waals surface area contributed by atoms with Gasteiger partial charge in [0.1, 0.15) is 5.75 Å². The van der Waals surface area contributed by atoms with Gasteiger partial charge in [0.2, 0.25) is 6.36 Å². The maximum atomic E-state index is 13.3. The first-order valence-electron chi connectivity index (χ1n) is 7.68. The number of nitrogens with zero attached hydrogens (tertiary/aromatic N) is 3. The molecule has 2 heterocycles. The van der Waals surface area contributed by atoms with Gasteiger partial charge in [-0.1, -0.05) is 6.07 Å². The van der Waals surface area contributed by atoms with Crippen LogP contribution in [0.2, 0.25) is 0 Å². The van der Waals surface area contributed by atoms with Crippen molar-refractivity contribution in [2.45, 2.75) is 19.5 Å². The molecule has 1 unspecified atom stereocenters. The van der Waals surface area contributed by atoms with Gasteiger partial charge in [-0.05, 0) is 29.7 Å². The van der Waals surface area contributed by atoms with Crippen molar-refractivity contribution < 1.29 is 27.1 Å². The summed E-state index contributed by atoms with van der Waals surface area (Å²) >= 11 is 1.02. The van der Waals surface area contributed by atoms with Gasteiger partial charge in [-0.2, -0.15) is 17.5 Å². The van der Waals surface area contributed by atoms with Crippen LogP contribution < -0.4 is 9.64 Å². The molecular weight excluding hydrogens is 386 g/mol. The Morgan fingerprint density at radius 3 is 2.70 bits per heavy atom. The molecule has 0 saturated heterocycles. The summed E-state index contributed by atoms with van der Waals surface area (Å²) in [6.45, 7) is 1.19. The summed E-state index contributed by atoms with van der Waals surface area (Å²) in [4.78, 5) is 17.3. The van der Waals surface area contributed by atoms with Gasteiger partial charge in [0.05, 0.1) is 21.2 Å². The van der Waals surface area contributed by atoms with Crippen LogP contribution in [0.3, 0.4) is 0 Å². The summed E-state index contributed by atoms with van der Waals surface area (Å²) in [7, 11) is 1.29. The van der Waals surface area contributed by atoms with Crippen LogP contribution in [0.4, 0.5) is 23.4 Å². The fraction of sp³-hybridized carbons (Fsp3) is 0.235. The summed E-state index contributed by atoms with van der Waals surface area (Å²) in [6.07, 6.45) is -4.50. The van der Waals surface area contributed by atoms with Crippen molar-refractivity contribution in [3.05, 3.63) is 47.8 Å². The Labute approximate surface area is 155 Å². The number of aromatic nitrogens is 2. The van der Waals surface area contributed by atoms with Crippen molar-refractivity contribution in [2.75, 3.05) is 11.9 Å². The van der Waals surface area contributed by atoms with Gasteiger partial charge < -0.3 is 4.74 Å². The molecule has 3 rings (SSSR count). The number of pyridine rings is 1. The van der Waals surface area contributed by atoms with Gasteiger partial charge in [0, 0.05) is 26.4 Å². The van der Waals surface area contributed by atoms with Gasteiger partial charge in [-0.15, -0.1) is 0 Å². The van der Waals surface area contributed by atoms with E-state index in [-0.39, 0.29) is 11.6 Å². The van der Waals surface area contributed by atoms with Crippen molar-refractivity contribution in [3.63, 3.8) is 0 Å². The Kier molecular flexibility index (Phi) is 5.01. The Bertz CT molecular complexity index is 988. The van der Waals surface area contributed by atoms with Crippen LogP contribution in [0.25, 0.3) is 10.1 Å². The van der Waals surface area contributed by atoms with Crippen molar-refractivity contribution >= 4 is 33.3 Å². The lowest BCUT2D eigenvalue weighted by Gasteiger charge is -2.19. The Balaban J connectivity index is 2.07. The molecule has 2 aromatic heterocycles. The van der Waals surface area contributed by atoms with Crippen LogP contribution in [0.15, 0.2) is 36.7 Å². The minimum Gasteiger partial charge on any atom is -0.460 e. The lowest BCUT2D eigenvalue weighted by atomic mass is 10.1. The molecule has 0 bridgehead atoms. The summed E-state index contributed by atoms with van der Waals surface area (Å²) in [5.74, 6) is -0.716. The van der Waals surface area contributed by atoms with E-state index in [9.17, 15) is 22.4 Å². The number of ether oxygens (including phenoxy) is 1. The average molecular weight is 399 g/mol. The number of carbonyl (C=O) groups is 1. The third-order valence-electron chi connectivity index (χ3n) is 3.71. The third kappa shape index (κ3) is 3.70. The first-order valence-corrected chi connectivity index (χ1v) is 8.46. The molecule has 0 spiro atoms. The number of amides is 1. The highest BCUT2D eigenvalue weighted by atomic mass is 32.1. The zero-order valence-electron chi connectivity index (χ0n) is 14.1. The van der Waals surface area contributed by atoms with Gasteiger partial charge in [0.15, 0.2) is 5.82 Å². The van der Waals surface area contributed by atoms with Gasteiger partial charge in [-0.3, -0.25) is 14.7 Å². The van der Waals surface area contributed by atoms with Crippen LogP contribution in [0.5, 0.6) is 5.75 Å². The molecule has 0 aliphatic heterocycles. The number of fused-ring (bicyclic) bond motifs is 1. The minimum atomic E-state index is -4.71. The van der Waals surface area contributed by atoms with Gasteiger partial charge in [0.25, 0.3) is 5.91 Å². The number of alkyl halides is 4. The second-order valence-corrected chi connectivity index (χ2v) is 6.38. The van der Waals surface area contributed by atoms with E-state index >= 15 is 0 Å². The van der Waals surface area contributed by atoms with Crippen LogP contribution in [-0.4, -0.2) is 28.7 Å². The van der Waals surface area contributed by atoms with E-state index in [1.807, 2.05) is 0 Å². The monoisotopic (exact) mass is 399 g/mol. The minimum absolute atomic E-state index is 0.0771. The predicted molar refractivity (Wildman–Crippen MR) is 92.8 cm³/mol. The first-order chi connectivity index (χ1) is 12.7. The molecule has 0 fully saturated rings. The number of benzene rings is 1. The number of hydrogen-bond donors (Lipinski definition) is 0. The van der Waals surface area contributed by atoms with Crippen LogP contribution in [0.1, 0.15) is 22.8 Å². The van der Waals surface area contributed by atoms with Crippen LogP contribution in [0, 0.1) is 0 Å². The zero-order chi connectivity index (χ0) is 19.8. The number of hydrogen-bond acceptors (Lipinski definition) is 5. The normalized spacial score (nSPS) is 12.8. The lowest BCUT2D eigenvalue weighted by molar-refractivity contribution is -0.138. The van der Waals surface area contributed by atoms with Crippen molar-refractivity contribution in [1.29, 1.82) is 0 Å². The zero-order valence-corrected chi connectivity index (χ0v) is 14.9. The van der Waals surface area contributed by atoms with Crippen LogP contribution >= 0.6 is 11.5 Å². The average Bonchev–Trinajstić information content (AvgIpc) is 3.04. The Hall–Kier alpha value is -2.75. The van der Waals surface area contributed by atoms with E-state index in [0.717, 1.165) is 34.9 Å². The number of rotatable bonds is 4. The second kappa shape index (κ2) is 7.10. The topological polar surface area (TPSA) is 55.3 Å². The summed E-state index contributed by atoms with van der Waals surface area (Å²) < 4.78 is 62.8. The smallest absolute Gasteiger partial charge is 0.417 e. The first kappa shape index (κ1) is 19.0. The quantitative estimate of drug-likeness (QED) is 0.598. The van der Waals surface area contributed by atoms with E-state index in [2.05, 4.69) is 9.36 Å². The third-order valence-corrected chi connectivity index (χ3v) is 4.51. The molecule has 0 N–H and O–H groups in total. The molecule has 0 aliphatic carbocycles. The van der Waals surface area contributed by atoms with Crippen molar-refractivity contribution in [1.82, 2.24) is 9.36 Å². The molecule has 0 aliphatic rings. The molecule has 5 nitrogen and oxygen atoms in total. The maximum Gasteiger partial charge on any atom is 0.417 e. The SMILES string of the molecule is CC(F)Oc1cccc2snc(N(C)C(=O)c3cnccc3C(F)(F)F)c12. The highest BCUT2D eigenvalue weighted by molar-refractivity contribution is 7.13. The largest absolute Gasteiger partial charge is 0.460 e. The van der Waals surface area contributed by atoms with Crippen LogP contribution in [-0.2, 0) is 6.18 Å². The number of halogens is 4. The fourth-order valence-electron chi connectivity index (χ4n) is 2.54. The van der Waals surface area contributed by atoms with E-state index in [1.165, 1.54) is 20.0 Å². The molecule has 1 aromatic carbocycles. The molecule has 142 valence electrons. The molecular formula is C17H13F4N3O2S. The second-order valence-electron chi connectivity index (χ2n) is 5.58. The summed E-state index contributed by atoms with van der Waals surface area (Å²) in [5, 5.41) is 0.347. The predicted octanol–water partition coefficient (Wildman–Crippen LogP) is 4.68. The highest BCUT2D eigenvalue weighted by Crippen LogP contribution is 2.38. The fourth-order valence-corrected chi connectivity index (χ4v) is 3.36. The molecule has 27 heavy (non-hydrogen) atoms. The van der Waals surface area contributed by atoms with E-state index in [4.69, 9.17) is 4.74 Å². The molecule has 10 heteroatoms. The van der Waals surface area contributed by atoms with Gasteiger partial charge in [-0.25, -0.2) is 4.39 Å². The molecule has 1 amide bonds. The summed E-state index contributed by atoms with van der Waals surface area (Å²) in [5.41, 5.74) is -1.70. The van der Waals surface area contributed by atoms with E-state index in [0.29, 0.717) is 10.1 Å². The standard InChI is InChI=1S/C17H13F4N3O2S/c1-9(18)26-12-4-3-5-13-14(12)15(23-27-13)24(2)16(25)10-8-22-7-6-11(10)17(19,20)21/h3-9H,1-2H3. The maximum absolute atomic E-state index is 13.3. The van der Waals surface area contributed by atoms with Crippen molar-refractivity contribution in [2.24, 2.45) is 0 Å². The highest BCUT2D eigenvalue weighted by Gasteiger charge is 2.36. The Morgan fingerprint density at radius 1 is 1.30 bits per heavy atom. The summed E-state index contributed by atoms with van der Waals surface area (Å²) in [6, 6.07) is 5.56. The number of anilines is 1. The van der Waals surface area contributed by atoms with E-state index in [1.54, 1.807) is 12.1 Å². The molecule has 3 aromatic rings. The molecule has 1 atom stereocenters. The molecule has 0 radical (unpaired) electrons. The van der Waals surface area contributed by atoms with Gasteiger partial charge >= 0.3 is 6.18 Å². The van der Waals surface area contributed by atoms with E-state index < -0.39 is 29.6 Å². The lowest BCUT2D eigenvalue weighted by Crippen LogP contribution is -2.29. The van der Waals surface area contributed by atoms with Crippen molar-refractivity contribution in [3.8, 4) is 5.75 Å². The Morgan fingerprint density at radius 2 is 2.04 bits per heavy atom. The molecule has 0 saturated carbocycles. The number of carbonyl (C=O) groups excluding carboxylic acids is 1.